The van der Waals surface area contributed by atoms with Crippen molar-refractivity contribution in [3.8, 4) is 5.75 Å². The Morgan fingerprint density at radius 2 is 1.96 bits per heavy atom. The van der Waals surface area contributed by atoms with Crippen LogP contribution in [-0.4, -0.2) is 75.4 Å². The molecule has 134 valence electrons. The molecule has 1 heterocycles. The van der Waals surface area contributed by atoms with Crippen LogP contribution >= 0.6 is 0 Å². The minimum Gasteiger partial charge on any atom is -0.497 e. The summed E-state index contributed by atoms with van der Waals surface area (Å²) in [6, 6.07) is 7.75. The van der Waals surface area contributed by atoms with Gasteiger partial charge < -0.3 is 9.84 Å². The molecule has 0 amide bonds. The second-order valence-corrected chi connectivity index (χ2v) is 8.51. The van der Waals surface area contributed by atoms with Crippen LogP contribution in [0.2, 0.25) is 0 Å². The number of sulfonamides is 1. The first-order valence-corrected chi connectivity index (χ1v) is 9.54. The third-order valence-electron chi connectivity index (χ3n) is 4.25. The molecule has 1 aromatic rings. The molecule has 24 heavy (non-hydrogen) atoms. The van der Waals surface area contributed by atoms with Crippen LogP contribution in [0.15, 0.2) is 30.3 Å². The molecular formula is C17H26N2O4S. The van der Waals surface area contributed by atoms with Gasteiger partial charge in [0.25, 0.3) is 0 Å². The topological polar surface area (TPSA) is 70.1 Å². The van der Waals surface area contributed by atoms with Crippen molar-refractivity contribution >= 4 is 16.1 Å². The molecule has 1 aromatic carbocycles. The summed E-state index contributed by atoms with van der Waals surface area (Å²) in [4.78, 5) is 2.07. The predicted octanol–water partition coefficient (Wildman–Crippen LogP) is 0.893. The molecule has 1 aliphatic heterocycles. The van der Waals surface area contributed by atoms with Crippen LogP contribution < -0.4 is 4.74 Å². The Morgan fingerprint density at radius 3 is 2.54 bits per heavy atom. The van der Waals surface area contributed by atoms with E-state index >= 15 is 0 Å². The summed E-state index contributed by atoms with van der Waals surface area (Å²) in [6.45, 7) is 1.77. The van der Waals surface area contributed by atoms with Crippen molar-refractivity contribution in [2.45, 2.75) is 6.10 Å². The summed E-state index contributed by atoms with van der Waals surface area (Å²) in [5, 5.41) is 10.1. The van der Waals surface area contributed by atoms with E-state index in [1.807, 2.05) is 36.4 Å². The van der Waals surface area contributed by atoms with Crippen molar-refractivity contribution in [1.29, 1.82) is 0 Å². The van der Waals surface area contributed by atoms with E-state index in [0.29, 0.717) is 19.6 Å². The number of ether oxygens (including phenoxy) is 1. The number of hydrogen-bond acceptors (Lipinski definition) is 5. The second-order valence-electron chi connectivity index (χ2n) is 6.28. The maximum Gasteiger partial charge on any atom is 0.214 e. The maximum atomic E-state index is 12.0. The van der Waals surface area contributed by atoms with Gasteiger partial charge in [-0.25, -0.2) is 12.7 Å². The summed E-state index contributed by atoms with van der Waals surface area (Å²) in [5.41, 5.74) is 1.07. The lowest BCUT2D eigenvalue weighted by molar-refractivity contribution is 0.150. The molecule has 0 unspecified atom stereocenters. The fourth-order valence-electron chi connectivity index (χ4n) is 2.73. The Hall–Kier alpha value is -1.41. The van der Waals surface area contributed by atoms with Gasteiger partial charge in [0.15, 0.2) is 0 Å². The SMILES string of the molecule is COc1ccc(C=CCN2C[C@@H](CS(=O)(=O)N(C)C)[C@H](O)C2)cc1. The van der Waals surface area contributed by atoms with Gasteiger partial charge in [-0.2, -0.15) is 0 Å². The molecule has 1 N–H and O–H groups in total. The molecule has 0 aromatic heterocycles. The van der Waals surface area contributed by atoms with Crippen molar-refractivity contribution in [2.75, 3.05) is 46.6 Å². The number of β-amino-alcohol motifs (C(OH)–C–C–N with tert-alkyl or cyclic N) is 1. The number of aliphatic hydroxyl groups excluding tert-OH is 1. The van der Waals surface area contributed by atoms with Crippen molar-refractivity contribution < 1.29 is 18.3 Å². The number of nitrogens with zero attached hydrogens (tertiary/aromatic N) is 2. The highest BCUT2D eigenvalue weighted by atomic mass is 32.2. The number of hydrogen-bond donors (Lipinski definition) is 1. The van der Waals surface area contributed by atoms with E-state index in [0.717, 1.165) is 11.3 Å². The smallest absolute Gasteiger partial charge is 0.214 e. The molecule has 1 aliphatic rings. The van der Waals surface area contributed by atoms with Gasteiger partial charge >= 0.3 is 0 Å². The third kappa shape index (κ3) is 5.04. The van der Waals surface area contributed by atoms with Gasteiger partial charge in [-0.1, -0.05) is 24.3 Å². The number of likely N-dealkylation sites (tertiary alicyclic amines) is 1. The zero-order chi connectivity index (χ0) is 17.7. The molecule has 0 radical (unpaired) electrons. The number of rotatable bonds is 7. The van der Waals surface area contributed by atoms with E-state index in [4.69, 9.17) is 4.74 Å². The highest BCUT2D eigenvalue weighted by Gasteiger charge is 2.34. The minimum absolute atomic E-state index is 0.0140. The maximum absolute atomic E-state index is 12.0. The zero-order valence-electron chi connectivity index (χ0n) is 14.4. The average Bonchev–Trinajstić information content (AvgIpc) is 2.87. The summed E-state index contributed by atoms with van der Waals surface area (Å²) < 4.78 is 30.3. The number of aliphatic hydroxyl groups is 1. The van der Waals surface area contributed by atoms with Crippen molar-refractivity contribution in [2.24, 2.45) is 5.92 Å². The van der Waals surface area contributed by atoms with Crippen molar-refractivity contribution in [1.82, 2.24) is 9.21 Å². The lowest BCUT2D eigenvalue weighted by Crippen LogP contribution is -2.33. The largest absolute Gasteiger partial charge is 0.497 e. The normalized spacial score (nSPS) is 22.5. The Labute approximate surface area is 144 Å². The first kappa shape index (κ1) is 18.9. The summed E-state index contributed by atoms with van der Waals surface area (Å²) in [6.07, 6.45) is 3.43. The number of methoxy groups -OCH3 is 1. The Bertz CT molecular complexity index is 656. The molecule has 0 spiro atoms. The monoisotopic (exact) mass is 354 g/mol. The van der Waals surface area contributed by atoms with Gasteiger partial charge in [0, 0.05) is 39.6 Å². The molecule has 2 rings (SSSR count). The summed E-state index contributed by atoms with van der Waals surface area (Å²) in [5.74, 6) is 0.561. The van der Waals surface area contributed by atoms with E-state index < -0.39 is 16.1 Å². The van der Waals surface area contributed by atoms with E-state index in [9.17, 15) is 13.5 Å². The molecule has 0 aliphatic carbocycles. The summed E-state index contributed by atoms with van der Waals surface area (Å²) in [7, 11) is 1.38. The van der Waals surface area contributed by atoms with Crippen LogP contribution in [0, 0.1) is 5.92 Å². The van der Waals surface area contributed by atoms with Crippen LogP contribution in [-0.2, 0) is 10.0 Å². The molecule has 0 saturated carbocycles. The Balaban J connectivity index is 1.87. The van der Waals surface area contributed by atoms with E-state index in [2.05, 4.69) is 4.90 Å². The van der Waals surface area contributed by atoms with Gasteiger partial charge in [-0.3, -0.25) is 4.90 Å². The Kier molecular flexibility index (Phi) is 6.40. The van der Waals surface area contributed by atoms with Gasteiger partial charge in [-0.05, 0) is 17.7 Å². The lowest BCUT2D eigenvalue weighted by atomic mass is 10.1. The molecule has 1 saturated heterocycles. The average molecular weight is 354 g/mol. The molecular weight excluding hydrogens is 328 g/mol. The van der Waals surface area contributed by atoms with Crippen molar-refractivity contribution in [3.63, 3.8) is 0 Å². The van der Waals surface area contributed by atoms with Gasteiger partial charge in [-0.15, -0.1) is 0 Å². The first-order chi connectivity index (χ1) is 11.3. The molecule has 6 nitrogen and oxygen atoms in total. The Morgan fingerprint density at radius 1 is 1.29 bits per heavy atom. The standard InChI is InChI=1S/C17H26N2O4S/c1-18(2)24(21,22)13-15-11-19(12-17(15)20)10-4-5-14-6-8-16(23-3)9-7-14/h4-9,15,17,20H,10-13H2,1-3H3/t15-,17+/m0/s1. The molecule has 0 bridgehead atoms. The van der Waals surface area contributed by atoms with Gasteiger partial charge in [0.05, 0.1) is 19.0 Å². The third-order valence-corrected chi connectivity index (χ3v) is 6.21. The molecule has 2 atom stereocenters. The lowest BCUT2D eigenvalue weighted by Gasteiger charge is -2.17. The number of benzene rings is 1. The quantitative estimate of drug-likeness (QED) is 0.788. The minimum atomic E-state index is -3.29. The molecule has 7 heteroatoms. The van der Waals surface area contributed by atoms with Crippen molar-refractivity contribution in [3.05, 3.63) is 35.9 Å². The fraction of sp³-hybridized carbons (Fsp3) is 0.529. The first-order valence-electron chi connectivity index (χ1n) is 7.93. The summed E-state index contributed by atoms with van der Waals surface area (Å²) >= 11 is 0. The highest BCUT2D eigenvalue weighted by molar-refractivity contribution is 7.89. The fourth-order valence-corrected chi connectivity index (χ4v) is 3.89. The highest BCUT2D eigenvalue weighted by Crippen LogP contribution is 2.20. The molecule has 1 fully saturated rings. The van der Waals surface area contributed by atoms with Gasteiger partial charge in [0.2, 0.25) is 10.0 Å². The van der Waals surface area contributed by atoms with E-state index in [1.54, 1.807) is 7.11 Å². The second kappa shape index (κ2) is 8.11. The van der Waals surface area contributed by atoms with E-state index in [-0.39, 0.29) is 11.7 Å². The van der Waals surface area contributed by atoms with E-state index in [1.165, 1.54) is 18.4 Å². The zero-order valence-corrected chi connectivity index (χ0v) is 15.2. The van der Waals surface area contributed by atoms with Crippen LogP contribution in [0.5, 0.6) is 5.75 Å². The van der Waals surface area contributed by atoms with Crippen LogP contribution in [0.4, 0.5) is 0 Å². The van der Waals surface area contributed by atoms with Gasteiger partial charge in [0.1, 0.15) is 5.75 Å². The predicted molar refractivity (Wildman–Crippen MR) is 95.4 cm³/mol. The van der Waals surface area contributed by atoms with Crippen LogP contribution in [0.25, 0.3) is 6.08 Å². The van der Waals surface area contributed by atoms with Crippen LogP contribution in [0.3, 0.4) is 0 Å². The van der Waals surface area contributed by atoms with Crippen LogP contribution in [0.1, 0.15) is 5.56 Å².